The second-order valence-electron chi connectivity index (χ2n) is 7.30. The van der Waals surface area contributed by atoms with Crippen LogP contribution < -0.4 is 0 Å². The van der Waals surface area contributed by atoms with E-state index >= 15 is 0 Å². The summed E-state index contributed by atoms with van der Waals surface area (Å²) < 4.78 is 5.31. The van der Waals surface area contributed by atoms with E-state index in [1.807, 2.05) is 6.07 Å². The number of carbonyl (C=O) groups is 1. The van der Waals surface area contributed by atoms with Gasteiger partial charge < -0.3 is 4.74 Å². The Hall–Kier alpha value is -2.52. The molecule has 0 saturated carbocycles. The van der Waals surface area contributed by atoms with Crippen LogP contribution in [0.25, 0.3) is 10.9 Å². The molecule has 0 spiro atoms. The largest absolute Gasteiger partial charge is 0.367 e. The molecule has 4 rings (SSSR count). The number of benzene rings is 2. The lowest BCUT2D eigenvalue weighted by atomic mass is 10.00. The molecule has 0 unspecified atom stereocenters. The number of aryl methyl sites for hydroxylation is 3. The van der Waals surface area contributed by atoms with Gasteiger partial charge in [-0.15, -0.1) is 0 Å². The van der Waals surface area contributed by atoms with E-state index in [1.165, 1.54) is 23.1 Å². The van der Waals surface area contributed by atoms with E-state index in [0.717, 1.165) is 47.8 Å². The van der Waals surface area contributed by atoms with Crippen LogP contribution in [-0.4, -0.2) is 17.4 Å². The van der Waals surface area contributed by atoms with E-state index in [4.69, 9.17) is 4.74 Å². The smallest absolute Gasteiger partial charge is 0.190 e. The summed E-state index contributed by atoms with van der Waals surface area (Å²) in [6.45, 7) is 2.78. The zero-order chi connectivity index (χ0) is 18.6. The Labute approximate surface area is 160 Å². The zero-order valence-electron chi connectivity index (χ0n) is 15.8. The molecule has 0 bridgehead atoms. The molecule has 1 aromatic heterocycles. The van der Waals surface area contributed by atoms with Crippen molar-refractivity contribution in [1.29, 1.82) is 0 Å². The maximum atomic E-state index is 12.0. The maximum Gasteiger partial charge on any atom is 0.190 e. The van der Waals surface area contributed by atoms with Crippen LogP contribution in [0.15, 0.2) is 48.5 Å². The lowest BCUT2D eigenvalue weighted by Crippen LogP contribution is -2.19. The SMILES string of the molecule is CCc1ccc(CCCCc2ccc3cc4c(nc3c2)COCC4=O)cc1. The lowest BCUT2D eigenvalue weighted by molar-refractivity contribution is 0.0656. The fourth-order valence-corrected chi connectivity index (χ4v) is 3.68. The summed E-state index contributed by atoms with van der Waals surface area (Å²) in [5.74, 6) is 0.0293. The fourth-order valence-electron chi connectivity index (χ4n) is 3.68. The van der Waals surface area contributed by atoms with Crippen molar-refractivity contribution in [3.8, 4) is 0 Å². The van der Waals surface area contributed by atoms with Crippen LogP contribution in [0.4, 0.5) is 0 Å². The second kappa shape index (κ2) is 8.01. The van der Waals surface area contributed by atoms with Crippen LogP contribution in [0.5, 0.6) is 0 Å². The van der Waals surface area contributed by atoms with Gasteiger partial charge in [0.25, 0.3) is 0 Å². The predicted molar refractivity (Wildman–Crippen MR) is 108 cm³/mol. The third kappa shape index (κ3) is 4.09. The second-order valence-corrected chi connectivity index (χ2v) is 7.30. The minimum absolute atomic E-state index is 0.0293. The van der Waals surface area contributed by atoms with Crippen molar-refractivity contribution in [3.63, 3.8) is 0 Å². The van der Waals surface area contributed by atoms with Crippen LogP contribution in [0.1, 0.15) is 52.5 Å². The monoisotopic (exact) mass is 359 g/mol. The molecular weight excluding hydrogens is 334 g/mol. The first-order chi connectivity index (χ1) is 13.2. The van der Waals surface area contributed by atoms with Crippen LogP contribution in [0.3, 0.4) is 0 Å². The number of rotatable bonds is 6. The van der Waals surface area contributed by atoms with E-state index in [-0.39, 0.29) is 12.4 Å². The van der Waals surface area contributed by atoms with E-state index in [9.17, 15) is 4.79 Å². The zero-order valence-corrected chi connectivity index (χ0v) is 15.8. The van der Waals surface area contributed by atoms with Gasteiger partial charge in [0.1, 0.15) is 6.61 Å². The summed E-state index contributed by atoms with van der Waals surface area (Å²) in [5, 5.41) is 1.03. The first-order valence-corrected chi connectivity index (χ1v) is 9.84. The number of ether oxygens (including phenoxy) is 1. The fraction of sp³-hybridized carbons (Fsp3) is 0.333. The van der Waals surface area contributed by atoms with Crippen molar-refractivity contribution in [2.75, 3.05) is 6.61 Å². The van der Waals surface area contributed by atoms with Gasteiger partial charge in [0.15, 0.2) is 5.78 Å². The standard InChI is InChI=1S/C24H25NO2/c1-2-17-7-9-18(10-8-17)5-3-4-6-19-11-12-20-14-21-23(25-22(20)13-19)15-27-16-24(21)26/h7-14H,2-6,15-16H2,1H3. The molecule has 0 fully saturated rings. The number of unbranched alkanes of at least 4 members (excludes halogenated alkanes) is 1. The third-order valence-corrected chi connectivity index (χ3v) is 5.35. The number of pyridine rings is 1. The highest BCUT2D eigenvalue weighted by molar-refractivity contribution is 6.01. The van der Waals surface area contributed by atoms with Gasteiger partial charge in [0.05, 0.1) is 17.8 Å². The van der Waals surface area contributed by atoms with E-state index in [2.05, 4.69) is 54.4 Å². The Morgan fingerprint density at radius 2 is 1.59 bits per heavy atom. The number of nitrogens with zero attached hydrogens (tertiary/aromatic N) is 1. The first kappa shape index (κ1) is 17.9. The summed E-state index contributed by atoms with van der Waals surface area (Å²) in [6, 6.07) is 17.4. The van der Waals surface area contributed by atoms with Gasteiger partial charge in [-0.2, -0.15) is 0 Å². The van der Waals surface area contributed by atoms with Crippen LogP contribution in [-0.2, 0) is 30.6 Å². The third-order valence-electron chi connectivity index (χ3n) is 5.35. The molecule has 27 heavy (non-hydrogen) atoms. The summed E-state index contributed by atoms with van der Waals surface area (Å²) in [6.07, 6.45) is 5.62. The Bertz CT molecular complexity index is 960. The minimum atomic E-state index is 0.0293. The molecule has 3 heteroatoms. The Balaban J connectivity index is 1.38. The maximum absolute atomic E-state index is 12.0. The molecule has 0 radical (unpaired) electrons. The molecule has 1 aliphatic rings. The highest BCUT2D eigenvalue weighted by Gasteiger charge is 2.19. The minimum Gasteiger partial charge on any atom is -0.367 e. The van der Waals surface area contributed by atoms with Crippen molar-refractivity contribution in [3.05, 3.63) is 76.5 Å². The van der Waals surface area contributed by atoms with Gasteiger partial charge in [-0.1, -0.05) is 43.3 Å². The summed E-state index contributed by atoms with van der Waals surface area (Å²) in [7, 11) is 0. The first-order valence-electron chi connectivity index (χ1n) is 9.84. The summed E-state index contributed by atoms with van der Waals surface area (Å²) >= 11 is 0. The molecule has 0 saturated heterocycles. The van der Waals surface area contributed by atoms with Gasteiger partial charge in [-0.3, -0.25) is 4.79 Å². The average Bonchev–Trinajstić information content (AvgIpc) is 2.70. The van der Waals surface area contributed by atoms with Gasteiger partial charge in [0.2, 0.25) is 0 Å². The highest BCUT2D eigenvalue weighted by Crippen LogP contribution is 2.23. The van der Waals surface area contributed by atoms with E-state index in [1.54, 1.807) is 0 Å². The molecule has 1 aliphatic heterocycles. The number of fused-ring (bicyclic) bond motifs is 2. The molecule has 0 N–H and O–H groups in total. The molecule has 3 aromatic rings. The van der Waals surface area contributed by atoms with Crippen molar-refractivity contribution in [2.45, 2.75) is 45.6 Å². The Kier molecular flexibility index (Phi) is 5.30. The van der Waals surface area contributed by atoms with E-state index in [0.29, 0.717) is 6.61 Å². The Morgan fingerprint density at radius 3 is 2.37 bits per heavy atom. The quantitative estimate of drug-likeness (QED) is 0.577. The van der Waals surface area contributed by atoms with Gasteiger partial charge in [-0.05, 0) is 60.9 Å². The normalized spacial score (nSPS) is 13.7. The van der Waals surface area contributed by atoms with Crippen LogP contribution in [0, 0.1) is 0 Å². The number of hydrogen-bond acceptors (Lipinski definition) is 3. The summed E-state index contributed by atoms with van der Waals surface area (Å²) in [5.41, 5.74) is 6.57. The van der Waals surface area contributed by atoms with Crippen molar-refractivity contribution in [1.82, 2.24) is 4.98 Å². The van der Waals surface area contributed by atoms with E-state index < -0.39 is 0 Å². The van der Waals surface area contributed by atoms with Crippen LogP contribution in [0.2, 0.25) is 0 Å². The van der Waals surface area contributed by atoms with Crippen molar-refractivity contribution < 1.29 is 9.53 Å². The van der Waals surface area contributed by atoms with Crippen LogP contribution >= 0.6 is 0 Å². The van der Waals surface area contributed by atoms with Crippen molar-refractivity contribution in [2.24, 2.45) is 0 Å². The molecule has 3 nitrogen and oxygen atoms in total. The number of hydrogen-bond donors (Lipinski definition) is 0. The average molecular weight is 359 g/mol. The molecular formula is C24H25NO2. The van der Waals surface area contributed by atoms with Crippen molar-refractivity contribution >= 4 is 16.7 Å². The Morgan fingerprint density at radius 1 is 0.889 bits per heavy atom. The van der Waals surface area contributed by atoms with Gasteiger partial charge >= 0.3 is 0 Å². The highest BCUT2D eigenvalue weighted by atomic mass is 16.5. The topological polar surface area (TPSA) is 39.2 Å². The number of Topliss-reactive ketones (excluding diaryl/α,β-unsaturated/α-hetero) is 1. The molecule has 2 heterocycles. The van der Waals surface area contributed by atoms with Gasteiger partial charge in [-0.25, -0.2) is 4.98 Å². The predicted octanol–water partition coefficient (Wildman–Crippen LogP) is 5.08. The number of ketones is 1. The molecule has 0 amide bonds. The molecule has 138 valence electrons. The molecule has 0 aliphatic carbocycles. The molecule has 2 aromatic carbocycles. The summed E-state index contributed by atoms with van der Waals surface area (Å²) in [4.78, 5) is 16.6. The lowest BCUT2D eigenvalue weighted by Gasteiger charge is -2.15. The molecule has 0 atom stereocenters. The van der Waals surface area contributed by atoms with Gasteiger partial charge in [0, 0.05) is 10.9 Å². The number of carbonyl (C=O) groups excluding carboxylic acids is 1. The number of aromatic nitrogens is 1.